The van der Waals surface area contributed by atoms with Crippen molar-refractivity contribution < 1.29 is 24.0 Å². The number of carbonyl (C=O) groups excluding carboxylic acids is 3. The summed E-state index contributed by atoms with van der Waals surface area (Å²) in [5, 5.41) is 16.8. The van der Waals surface area contributed by atoms with Gasteiger partial charge in [0.15, 0.2) is 0 Å². The number of nitro groups is 1. The number of thioether (sulfide) groups is 1. The Balaban J connectivity index is 1.42. The third-order valence-corrected chi connectivity index (χ3v) is 7.74. The van der Waals surface area contributed by atoms with Gasteiger partial charge in [0.25, 0.3) is 23.4 Å². The van der Waals surface area contributed by atoms with Crippen LogP contribution in [0.3, 0.4) is 0 Å². The van der Waals surface area contributed by atoms with E-state index in [9.17, 15) is 24.5 Å². The Morgan fingerprint density at radius 1 is 0.905 bits per heavy atom. The van der Waals surface area contributed by atoms with Gasteiger partial charge in [-0.2, -0.15) is 0 Å². The molecular formula is C30H21BrN4O6S. The number of amides is 3. The quantitative estimate of drug-likeness (QED) is 0.118. The standard InChI is InChI=1S/C30H21BrN4O6S/c1-41-24-15-13-22(14-16-24)34-29(37)26(32-20-9-7-19(31)8-10-20)27(30(34)38)42-25-4-2-3-21(17-25)33-28(36)18-5-11-23(12-6-18)35(39)40/h2-17,32H,1H3,(H,33,36). The number of non-ortho nitro benzene ring substituents is 1. The number of hydrogen-bond acceptors (Lipinski definition) is 8. The van der Waals surface area contributed by atoms with Gasteiger partial charge in [-0.3, -0.25) is 24.5 Å². The van der Waals surface area contributed by atoms with Crippen LogP contribution in [0.15, 0.2) is 117 Å². The van der Waals surface area contributed by atoms with Gasteiger partial charge in [-0.25, -0.2) is 4.90 Å². The van der Waals surface area contributed by atoms with Crippen molar-refractivity contribution in [2.24, 2.45) is 0 Å². The molecule has 10 nitrogen and oxygen atoms in total. The third kappa shape index (κ3) is 6.19. The topological polar surface area (TPSA) is 131 Å². The summed E-state index contributed by atoms with van der Waals surface area (Å²) in [5.74, 6) is -0.892. The number of methoxy groups -OCH3 is 1. The van der Waals surface area contributed by atoms with E-state index in [2.05, 4.69) is 26.6 Å². The molecule has 0 saturated heterocycles. The van der Waals surface area contributed by atoms with E-state index in [1.54, 1.807) is 60.7 Å². The van der Waals surface area contributed by atoms with Crippen LogP contribution in [0, 0.1) is 10.1 Å². The number of nitrogens with one attached hydrogen (secondary N) is 2. The number of benzene rings is 4. The third-order valence-electron chi connectivity index (χ3n) is 6.14. The van der Waals surface area contributed by atoms with Crippen molar-refractivity contribution in [2.45, 2.75) is 4.90 Å². The summed E-state index contributed by atoms with van der Waals surface area (Å²) in [7, 11) is 1.53. The van der Waals surface area contributed by atoms with E-state index in [-0.39, 0.29) is 21.9 Å². The molecule has 3 amide bonds. The maximum Gasteiger partial charge on any atom is 0.283 e. The highest BCUT2D eigenvalue weighted by molar-refractivity contribution is 9.10. The molecule has 210 valence electrons. The van der Waals surface area contributed by atoms with Crippen LogP contribution in [0.4, 0.5) is 22.7 Å². The van der Waals surface area contributed by atoms with Crippen LogP contribution in [0.25, 0.3) is 0 Å². The van der Waals surface area contributed by atoms with E-state index in [1.165, 1.54) is 31.4 Å². The van der Waals surface area contributed by atoms with Crippen LogP contribution < -0.4 is 20.3 Å². The molecule has 4 aromatic carbocycles. The van der Waals surface area contributed by atoms with Crippen LogP contribution in [-0.4, -0.2) is 29.8 Å². The van der Waals surface area contributed by atoms with E-state index in [0.717, 1.165) is 21.1 Å². The molecule has 2 N–H and O–H groups in total. The van der Waals surface area contributed by atoms with Gasteiger partial charge in [-0.1, -0.05) is 33.8 Å². The normalized spacial score (nSPS) is 12.9. The van der Waals surface area contributed by atoms with Crippen molar-refractivity contribution in [1.29, 1.82) is 0 Å². The number of hydrogen-bond donors (Lipinski definition) is 2. The summed E-state index contributed by atoms with van der Waals surface area (Å²) < 4.78 is 6.06. The summed E-state index contributed by atoms with van der Waals surface area (Å²) >= 11 is 4.48. The Kier molecular flexibility index (Phi) is 8.36. The largest absolute Gasteiger partial charge is 0.497 e. The lowest BCUT2D eigenvalue weighted by Crippen LogP contribution is -2.32. The second-order valence-corrected chi connectivity index (χ2v) is 10.9. The van der Waals surface area contributed by atoms with Crippen molar-refractivity contribution in [3.63, 3.8) is 0 Å². The molecular weight excluding hydrogens is 624 g/mol. The van der Waals surface area contributed by atoms with Crippen molar-refractivity contribution in [1.82, 2.24) is 0 Å². The first-order chi connectivity index (χ1) is 20.2. The van der Waals surface area contributed by atoms with Crippen molar-refractivity contribution in [2.75, 3.05) is 22.6 Å². The number of imide groups is 1. The summed E-state index contributed by atoms with van der Waals surface area (Å²) in [4.78, 5) is 52.3. The zero-order valence-corrected chi connectivity index (χ0v) is 24.3. The molecule has 4 aromatic rings. The van der Waals surface area contributed by atoms with E-state index in [1.807, 2.05) is 12.1 Å². The Morgan fingerprint density at radius 2 is 1.60 bits per heavy atom. The minimum Gasteiger partial charge on any atom is -0.497 e. The summed E-state index contributed by atoms with van der Waals surface area (Å²) in [6.45, 7) is 0. The molecule has 0 bridgehead atoms. The first kappa shape index (κ1) is 28.6. The average Bonchev–Trinajstić information content (AvgIpc) is 3.22. The number of nitro benzene ring substituents is 1. The molecule has 0 saturated carbocycles. The Hall–Kier alpha value is -4.94. The number of rotatable bonds is 9. The molecule has 42 heavy (non-hydrogen) atoms. The number of ether oxygens (including phenoxy) is 1. The first-order valence-electron chi connectivity index (χ1n) is 12.4. The van der Waals surface area contributed by atoms with Crippen LogP contribution >= 0.6 is 27.7 Å². The zero-order valence-electron chi connectivity index (χ0n) is 21.9. The molecule has 1 aliphatic heterocycles. The van der Waals surface area contributed by atoms with Gasteiger partial charge in [0.05, 0.1) is 17.7 Å². The van der Waals surface area contributed by atoms with E-state index >= 15 is 0 Å². The smallest absolute Gasteiger partial charge is 0.283 e. The molecule has 1 aliphatic rings. The second kappa shape index (κ2) is 12.3. The predicted octanol–water partition coefficient (Wildman–Crippen LogP) is 6.61. The fraction of sp³-hybridized carbons (Fsp3) is 0.0333. The SMILES string of the molecule is COc1ccc(N2C(=O)C(Nc3ccc(Br)cc3)=C(Sc3cccc(NC(=O)c4ccc([N+](=O)[O-])cc4)c3)C2=O)cc1. The molecule has 0 aromatic heterocycles. The minimum absolute atomic E-state index is 0.114. The highest BCUT2D eigenvalue weighted by Gasteiger charge is 2.40. The van der Waals surface area contributed by atoms with Gasteiger partial charge in [-0.15, -0.1) is 0 Å². The fourth-order valence-corrected chi connectivity index (χ4v) is 5.30. The van der Waals surface area contributed by atoms with E-state index < -0.39 is 22.6 Å². The lowest BCUT2D eigenvalue weighted by Gasteiger charge is -2.15. The molecule has 0 spiro atoms. The zero-order chi connectivity index (χ0) is 29.8. The van der Waals surface area contributed by atoms with Crippen LogP contribution in [0.2, 0.25) is 0 Å². The highest BCUT2D eigenvalue weighted by atomic mass is 79.9. The van der Waals surface area contributed by atoms with Crippen LogP contribution in [0.1, 0.15) is 10.4 Å². The molecule has 1 heterocycles. The maximum atomic E-state index is 13.7. The van der Waals surface area contributed by atoms with Crippen molar-refractivity contribution in [3.05, 3.63) is 128 Å². The van der Waals surface area contributed by atoms with Crippen LogP contribution in [-0.2, 0) is 9.59 Å². The van der Waals surface area contributed by atoms with Crippen molar-refractivity contribution >= 4 is 68.2 Å². The van der Waals surface area contributed by atoms with Gasteiger partial charge >= 0.3 is 0 Å². The molecule has 0 atom stereocenters. The summed E-state index contributed by atoms with van der Waals surface area (Å²) in [5.41, 5.74) is 1.69. The van der Waals surface area contributed by atoms with E-state index in [4.69, 9.17) is 4.74 Å². The first-order valence-corrected chi connectivity index (χ1v) is 14.0. The van der Waals surface area contributed by atoms with Gasteiger partial charge in [0.2, 0.25) is 0 Å². The Labute approximate surface area is 252 Å². The summed E-state index contributed by atoms with van der Waals surface area (Å²) in [6, 6.07) is 25.8. The lowest BCUT2D eigenvalue weighted by molar-refractivity contribution is -0.384. The minimum atomic E-state index is -0.540. The van der Waals surface area contributed by atoms with E-state index in [0.29, 0.717) is 27.7 Å². The van der Waals surface area contributed by atoms with Crippen LogP contribution in [0.5, 0.6) is 5.75 Å². The number of carbonyl (C=O) groups is 3. The van der Waals surface area contributed by atoms with Gasteiger partial charge in [0.1, 0.15) is 16.4 Å². The molecule has 12 heteroatoms. The molecule has 5 rings (SSSR count). The Morgan fingerprint density at radius 3 is 2.24 bits per heavy atom. The maximum absolute atomic E-state index is 13.7. The second-order valence-electron chi connectivity index (χ2n) is 8.87. The molecule has 0 fully saturated rings. The molecule has 0 aliphatic carbocycles. The monoisotopic (exact) mass is 644 g/mol. The fourth-order valence-electron chi connectivity index (χ4n) is 4.05. The summed E-state index contributed by atoms with van der Waals surface area (Å²) in [6.07, 6.45) is 0. The predicted molar refractivity (Wildman–Crippen MR) is 164 cm³/mol. The van der Waals surface area contributed by atoms with Crippen molar-refractivity contribution in [3.8, 4) is 5.75 Å². The lowest BCUT2D eigenvalue weighted by atomic mass is 10.2. The van der Waals surface area contributed by atoms with Gasteiger partial charge < -0.3 is 15.4 Å². The number of anilines is 3. The number of halogens is 1. The molecule has 0 radical (unpaired) electrons. The average molecular weight is 645 g/mol. The molecule has 0 unspecified atom stereocenters. The highest BCUT2D eigenvalue weighted by Crippen LogP contribution is 2.39. The number of nitrogens with zero attached hydrogens (tertiary/aromatic N) is 2. The van der Waals surface area contributed by atoms with Gasteiger partial charge in [0, 0.05) is 38.4 Å². The van der Waals surface area contributed by atoms with Gasteiger partial charge in [-0.05, 0) is 78.9 Å². The Bertz CT molecular complexity index is 1720.